The molecule has 0 radical (unpaired) electrons. The first-order chi connectivity index (χ1) is 8.94. The molecule has 0 aliphatic rings. The van der Waals surface area contributed by atoms with Crippen LogP contribution >= 0.6 is 0 Å². The van der Waals surface area contributed by atoms with Crippen LogP contribution in [-0.4, -0.2) is 35.0 Å². The number of hydrogen-bond acceptors (Lipinski definition) is 5. The summed E-state index contributed by atoms with van der Waals surface area (Å²) in [6, 6.07) is 7.03. The van der Waals surface area contributed by atoms with Gasteiger partial charge in [-0.15, -0.1) is 0 Å². The lowest BCUT2D eigenvalue weighted by Gasteiger charge is -2.21. The van der Waals surface area contributed by atoms with Crippen LogP contribution in [0.5, 0.6) is 0 Å². The highest BCUT2D eigenvalue weighted by Crippen LogP contribution is 2.12. The Balaban J connectivity index is 2.89. The third-order valence-electron chi connectivity index (χ3n) is 2.51. The van der Waals surface area contributed by atoms with Gasteiger partial charge in [0, 0.05) is 14.2 Å². The smallest absolute Gasteiger partial charge is 0.240 e. The lowest BCUT2D eigenvalue weighted by atomic mass is 10.2. The molecule has 1 N–H and O–H groups in total. The van der Waals surface area contributed by atoms with E-state index in [0.717, 1.165) is 0 Å². The molecule has 1 unspecified atom stereocenters. The molecule has 1 atom stereocenters. The summed E-state index contributed by atoms with van der Waals surface area (Å²) < 4.78 is 36.6. The van der Waals surface area contributed by atoms with Crippen molar-refractivity contribution in [2.24, 2.45) is 0 Å². The van der Waals surface area contributed by atoms with Crippen molar-refractivity contribution in [3.05, 3.63) is 29.8 Å². The molecule has 0 bridgehead atoms. The fourth-order valence-corrected chi connectivity index (χ4v) is 2.81. The predicted molar refractivity (Wildman–Crippen MR) is 68.7 cm³/mol. The number of nitriles is 1. The van der Waals surface area contributed by atoms with Gasteiger partial charge in [-0.3, -0.25) is 0 Å². The van der Waals surface area contributed by atoms with Crippen LogP contribution in [0.3, 0.4) is 0 Å². The van der Waals surface area contributed by atoms with Crippen LogP contribution in [0.2, 0.25) is 0 Å². The first-order valence-electron chi connectivity index (χ1n) is 5.52. The van der Waals surface area contributed by atoms with Gasteiger partial charge in [0.2, 0.25) is 10.0 Å². The number of rotatable bonds is 6. The Morgan fingerprint density at radius 1 is 1.21 bits per heavy atom. The van der Waals surface area contributed by atoms with E-state index in [-0.39, 0.29) is 4.90 Å². The molecule has 6 nitrogen and oxygen atoms in total. The van der Waals surface area contributed by atoms with Crippen molar-refractivity contribution in [2.45, 2.75) is 24.2 Å². The molecule has 7 heteroatoms. The third-order valence-corrected chi connectivity index (χ3v) is 4.08. The summed E-state index contributed by atoms with van der Waals surface area (Å²) in [5.41, 5.74) is 0.402. The van der Waals surface area contributed by atoms with Crippen LogP contribution in [-0.2, 0) is 19.5 Å². The summed E-state index contributed by atoms with van der Waals surface area (Å²) in [5, 5.41) is 8.67. The summed E-state index contributed by atoms with van der Waals surface area (Å²) in [4.78, 5) is 0.0873. The van der Waals surface area contributed by atoms with Gasteiger partial charge in [0.1, 0.15) is 0 Å². The van der Waals surface area contributed by atoms with E-state index in [9.17, 15) is 8.42 Å². The van der Waals surface area contributed by atoms with Crippen LogP contribution in [0.1, 0.15) is 12.5 Å². The van der Waals surface area contributed by atoms with Crippen molar-refractivity contribution >= 4 is 10.0 Å². The standard InChI is InChI=1S/C12H16N2O4S/c1-9(12(17-2)18-3)14-19(15,16)11-6-4-10(8-13)5-7-11/h4-7,9,12,14H,1-3H3. The lowest BCUT2D eigenvalue weighted by molar-refractivity contribution is -0.115. The van der Waals surface area contributed by atoms with Gasteiger partial charge in [-0.2, -0.15) is 5.26 Å². The molecular formula is C12H16N2O4S. The van der Waals surface area contributed by atoms with Gasteiger partial charge in [0.25, 0.3) is 0 Å². The normalized spacial score (nSPS) is 13.2. The van der Waals surface area contributed by atoms with E-state index < -0.39 is 22.4 Å². The molecule has 0 saturated carbocycles. The third kappa shape index (κ3) is 4.01. The zero-order chi connectivity index (χ0) is 14.5. The van der Waals surface area contributed by atoms with Gasteiger partial charge in [-0.05, 0) is 31.2 Å². The van der Waals surface area contributed by atoms with Gasteiger partial charge in [-0.1, -0.05) is 0 Å². The predicted octanol–water partition coefficient (Wildman–Crippen LogP) is 0.844. The van der Waals surface area contributed by atoms with Gasteiger partial charge in [-0.25, -0.2) is 13.1 Å². The number of nitrogens with one attached hydrogen (secondary N) is 1. The molecular weight excluding hydrogens is 268 g/mol. The van der Waals surface area contributed by atoms with Crippen LogP contribution < -0.4 is 4.72 Å². The fourth-order valence-electron chi connectivity index (χ4n) is 1.58. The lowest BCUT2D eigenvalue weighted by Crippen LogP contribution is -2.42. The van der Waals surface area contributed by atoms with E-state index >= 15 is 0 Å². The fraction of sp³-hybridized carbons (Fsp3) is 0.417. The zero-order valence-corrected chi connectivity index (χ0v) is 11.8. The van der Waals surface area contributed by atoms with Crippen LogP contribution in [0, 0.1) is 11.3 Å². The second kappa shape index (κ2) is 6.63. The molecule has 0 spiro atoms. The number of hydrogen-bond donors (Lipinski definition) is 1. The summed E-state index contributed by atoms with van der Waals surface area (Å²) in [6.07, 6.45) is -0.673. The van der Waals surface area contributed by atoms with Crippen molar-refractivity contribution in [3.8, 4) is 6.07 Å². The molecule has 1 rings (SSSR count). The Hall–Kier alpha value is -1.46. The molecule has 0 amide bonds. The van der Waals surface area contributed by atoms with Gasteiger partial charge >= 0.3 is 0 Å². The average Bonchev–Trinajstić information content (AvgIpc) is 2.39. The zero-order valence-electron chi connectivity index (χ0n) is 11.0. The Morgan fingerprint density at radius 3 is 2.16 bits per heavy atom. The van der Waals surface area contributed by atoms with E-state index in [2.05, 4.69) is 4.72 Å². The van der Waals surface area contributed by atoms with E-state index in [1.54, 1.807) is 6.92 Å². The van der Waals surface area contributed by atoms with E-state index in [0.29, 0.717) is 5.56 Å². The minimum absolute atomic E-state index is 0.0873. The Morgan fingerprint density at radius 2 is 1.74 bits per heavy atom. The van der Waals surface area contributed by atoms with Gasteiger partial charge in [0.05, 0.1) is 22.6 Å². The Bertz CT molecular complexity index is 544. The van der Waals surface area contributed by atoms with Crippen LogP contribution in [0.25, 0.3) is 0 Å². The molecule has 104 valence electrons. The van der Waals surface area contributed by atoms with E-state index in [1.165, 1.54) is 38.5 Å². The highest BCUT2D eigenvalue weighted by Gasteiger charge is 2.23. The Labute approximate surface area is 113 Å². The first kappa shape index (κ1) is 15.6. The maximum Gasteiger partial charge on any atom is 0.240 e. The SMILES string of the molecule is COC(OC)C(C)NS(=O)(=O)c1ccc(C#N)cc1. The van der Waals surface area contributed by atoms with Crippen molar-refractivity contribution < 1.29 is 17.9 Å². The van der Waals surface area contributed by atoms with Crippen molar-refractivity contribution in [2.75, 3.05) is 14.2 Å². The monoisotopic (exact) mass is 284 g/mol. The topological polar surface area (TPSA) is 88.4 Å². The molecule has 0 aliphatic carbocycles. The Kier molecular flexibility index (Phi) is 5.44. The number of ether oxygens (including phenoxy) is 2. The summed E-state index contributed by atoms with van der Waals surface area (Å²) in [5.74, 6) is 0. The summed E-state index contributed by atoms with van der Waals surface area (Å²) in [7, 11) is -0.807. The quantitative estimate of drug-likeness (QED) is 0.782. The number of sulfonamides is 1. The molecule has 1 aromatic rings. The number of methoxy groups -OCH3 is 2. The van der Waals surface area contributed by atoms with Crippen molar-refractivity contribution in [3.63, 3.8) is 0 Å². The number of benzene rings is 1. The summed E-state index contributed by atoms with van der Waals surface area (Å²) in [6.45, 7) is 1.64. The van der Waals surface area contributed by atoms with Gasteiger partial charge in [0.15, 0.2) is 6.29 Å². The average molecular weight is 284 g/mol. The van der Waals surface area contributed by atoms with E-state index in [4.69, 9.17) is 14.7 Å². The molecule has 0 fully saturated rings. The number of nitrogens with zero attached hydrogens (tertiary/aromatic N) is 1. The minimum atomic E-state index is -3.67. The van der Waals surface area contributed by atoms with Gasteiger partial charge < -0.3 is 9.47 Å². The molecule has 0 aliphatic heterocycles. The van der Waals surface area contributed by atoms with E-state index in [1.807, 2.05) is 6.07 Å². The largest absolute Gasteiger partial charge is 0.354 e. The van der Waals surface area contributed by atoms with Crippen LogP contribution in [0.15, 0.2) is 29.2 Å². The highest BCUT2D eigenvalue weighted by molar-refractivity contribution is 7.89. The maximum absolute atomic E-state index is 12.1. The maximum atomic E-state index is 12.1. The second-order valence-electron chi connectivity index (χ2n) is 3.89. The van der Waals surface area contributed by atoms with Crippen molar-refractivity contribution in [1.29, 1.82) is 5.26 Å². The summed E-state index contributed by atoms with van der Waals surface area (Å²) >= 11 is 0. The van der Waals surface area contributed by atoms with Crippen LogP contribution in [0.4, 0.5) is 0 Å². The second-order valence-corrected chi connectivity index (χ2v) is 5.60. The molecule has 1 aromatic carbocycles. The van der Waals surface area contributed by atoms with Crippen molar-refractivity contribution in [1.82, 2.24) is 4.72 Å². The molecule has 0 aromatic heterocycles. The minimum Gasteiger partial charge on any atom is -0.354 e. The molecule has 0 heterocycles. The highest BCUT2D eigenvalue weighted by atomic mass is 32.2. The molecule has 19 heavy (non-hydrogen) atoms. The molecule has 0 saturated heterocycles. The first-order valence-corrected chi connectivity index (χ1v) is 7.01.